The number of anilines is 1. The Bertz CT molecular complexity index is 658. The minimum absolute atomic E-state index is 0.00119. The van der Waals surface area contributed by atoms with Crippen LogP contribution >= 0.6 is 0 Å². The molecular weight excluding hydrogens is 270 g/mol. The van der Waals surface area contributed by atoms with Gasteiger partial charge in [0.1, 0.15) is 11.4 Å². The molecule has 1 aromatic heterocycles. The molecule has 110 valence electrons. The molecule has 5 N–H and O–H groups in total. The highest BCUT2D eigenvalue weighted by atomic mass is 16.5. The van der Waals surface area contributed by atoms with E-state index in [2.05, 4.69) is 9.97 Å². The molecule has 7 nitrogen and oxygen atoms in total. The SMILES string of the molecule is CC(C)Oc1cccc(-c2cc(C(=O)NN)nc(N)n2)c1. The average Bonchev–Trinajstić information content (AvgIpc) is 2.45. The van der Waals surface area contributed by atoms with Crippen molar-refractivity contribution in [1.82, 2.24) is 15.4 Å². The summed E-state index contributed by atoms with van der Waals surface area (Å²) in [4.78, 5) is 19.5. The number of amides is 1. The van der Waals surface area contributed by atoms with Crippen LogP contribution in [0.3, 0.4) is 0 Å². The smallest absolute Gasteiger partial charge is 0.283 e. The normalized spacial score (nSPS) is 10.5. The lowest BCUT2D eigenvalue weighted by Crippen LogP contribution is -2.31. The van der Waals surface area contributed by atoms with Crippen LogP contribution < -0.4 is 21.7 Å². The summed E-state index contributed by atoms with van der Waals surface area (Å²) in [5.74, 6) is 5.29. The molecule has 0 aliphatic carbocycles. The lowest BCUT2D eigenvalue weighted by atomic mass is 10.1. The van der Waals surface area contributed by atoms with Crippen molar-refractivity contribution >= 4 is 11.9 Å². The van der Waals surface area contributed by atoms with Crippen LogP contribution in [0.4, 0.5) is 5.95 Å². The number of hydrogen-bond acceptors (Lipinski definition) is 6. The van der Waals surface area contributed by atoms with Gasteiger partial charge in [0, 0.05) is 5.56 Å². The number of nitrogen functional groups attached to an aromatic ring is 2. The Hall–Kier alpha value is -2.67. The quantitative estimate of drug-likeness (QED) is 0.441. The number of nitrogens with two attached hydrogens (primary N) is 2. The summed E-state index contributed by atoms with van der Waals surface area (Å²) in [6.45, 7) is 3.89. The Morgan fingerprint density at radius 1 is 1.29 bits per heavy atom. The summed E-state index contributed by atoms with van der Waals surface area (Å²) >= 11 is 0. The number of nitrogens with one attached hydrogen (secondary N) is 1. The van der Waals surface area contributed by atoms with Crippen molar-refractivity contribution in [2.75, 3.05) is 5.73 Å². The maximum Gasteiger partial charge on any atom is 0.283 e. The second-order valence-corrected chi connectivity index (χ2v) is 4.66. The first-order valence-corrected chi connectivity index (χ1v) is 6.42. The Balaban J connectivity index is 2.41. The van der Waals surface area contributed by atoms with Crippen molar-refractivity contribution in [1.29, 1.82) is 0 Å². The third-order valence-electron chi connectivity index (χ3n) is 2.61. The molecule has 0 aliphatic heterocycles. The van der Waals surface area contributed by atoms with Gasteiger partial charge in [0.2, 0.25) is 5.95 Å². The van der Waals surface area contributed by atoms with Gasteiger partial charge in [-0.1, -0.05) is 12.1 Å². The van der Waals surface area contributed by atoms with Crippen LogP contribution in [0.5, 0.6) is 5.75 Å². The number of carbonyl (C=O) groups is 1. The van der Waals surface area contributed by atoms with Crippen LogP contribution in [-0.2, 0) is 0 Å². The number of hydrazine groups is 1. The van der Waals surface area contributed by atoms with Gasteiger partial charge in [-0.05, 0) is 32.0 Å². The van der Waals surface area contributed by atoms with E-state index in [1.54, 1.807) is 0 Å². The highest BCUT2D eigenvalue weighted by molar-refractivity contribution is 5.93. The van der Waals surface area contributed by atoms with Gasteiger partial charge < -0.3 is 10.5 Å². The summed E-state index contributed by atoms with van der Waals surface area (Å²) in [5, 5.41) is 0. The summed E-state index contributed by atoms with van der Waals surface area (Å²) in [7, 11) is 0. The van der Waals surface area contributed by atoms with Crippen molar-refractivity contribution in [3.05, 3.63) is 36.0 Å². The summed E-state index contributed by atoms with van der Waals surface area (Å²) in [6, 6.07) is 8.88. The van der Waals surface area contributed by atoms with Gasteiger partial charge in [-0.25, -0.2) is 15.8 Å². The van der Waals surface area contributed by atoms with E-state index in [0.29, 0.717) is 11.4 Å². The first-order valence-electron chi connectivity index (χ1n) is 6.42. The molecule has 0 unspecified atom stereocenters. The number of hydrogen-bond donors (Lipinski definition) is 3. The number of nitrogens with zero attached hydrogens (tertiary/aromatic N) is 2. The van der Waals surface area contributed by atoms with Crippen LogP contribution in [0.15, 0.2) is 30.3 Å². The number of rotatable bonds is 4. The molecule has 0 radical (unpaired) electrons. The van der Waals surface area contributed by atoms with E-state index in [4.69, 9.17) is 16.3 Å². The zero-order chi connectivity index (χ0) is 15.4. The maximum atomic E-state index is 11.6. The number of aromatic nitrogens is 2. The molecule has 1 aromatic carbocycles. The predicted molar refractivity (Wildman–Crippen MR) is 79.3 cm³/mol. The summed E-state index contributed by atoms with van der Waals surface area (Å²) < 4.78 is 5.63. The Morgan fingerprint density at radius 2 is 2.05 bits per heavy atom. The monoisotopic (exact) mass is 287 g/mol. The van der Waals surface area contributed by atoms with Crippen LogP contribution in [-0.4, -0.2) is 22.0 Å². The number of ether oxygens (including phenoxy) is 1. The van der Waals surface area contributed by atoms with E-state index in [-0.39, 0.29) is 17.7 Å². The van der Waals surface area contributed by atoms with Gasteiger partial charge in [0.25, 0.3) is 5.91 Å². The third-order valence-corrected chi connectivity index (χ3v) is 2.61. The molecule has 0 aliphatic rings. The minimum Gasteiger partial charge on any atom is -0.491 e. The molecule has 2 aromatic rings. The van der Waals surface area contributed by atoms with E-state index in [9.17, 15) is 4.79 Å². The molecule has 2 rings (SSSR count). The Morgan fingerprint density at radius 3 is 2.71 bits per heavy atom. The zero-order valence-corrected chi connectivity index (χ0v) is 11.8. The Labute approximate surface area is 122 Å². The van der Waals surface area contributed by atoms with E-state index in [1.165, 1.54) is 6.07 Å². The van der Waals surface area contributed by atoms with E-state index in [0.717, 1.165) is 5.56 Å². The van der Waals surface area contributed by atoms with Crippen LogP contribution in [0, 0.1) is 0 Å². The topological polar surface area (TPSA) is 116 Å². The first kappa shape index (κ1) is 14.7. The van der Waals surface area contributed by atoms with E-state index >= 15 is 0 Å². The van der Waals surface area contributed by atoms with Crippen molar-refractivity contribution in [2.45, 2.75) is 20.0 Å². The molecule has 7 heteroatoms. The van der Waals surface area contributed by atoms with Gasteiger partial charge in [-0.15, -0.1) is 0 Å². The standard InChI is InChI=1S/C14H17N5O2/c1-8(2)21-10-5-3-4-9(6-10)11-7-12(13(20)19-16)18-14(15)17-11/h3-8H,16H2,1-2H3,(H,19,20)(H2,15,17,18). The molecule has 0 saturated carbocycles. The molecule has 0 bridgehead atoms. The highest BCUT2D eigenvalue weighted by Gasteiger charge is 2.11. The highest BCUT2D eigenvalue weighted by Crippen LogP contribution is 2.24. The van der Waals surface area contributed by atoms with Crippen LogP contribution in [0.2, 0.25) is 0 Å². The largest absolute Gasteiger partial charge is 0.491 e. The van der Waals surface area contributed by atoms with Gasteiger partial charge in [0.15, 0.2) is 0 Å². The zero-order valence-electron chi connectivity index (χ0n) is 11.8. The summed E-state index contributed by atoms with van der Waals surface area (Å²) in [6.07, 6.45) is 0.0642. The fourth-order valence-corrected chi connectivity index (χ4v) is 1.80. The predicted octanol–water partition coefficient (Wildman–Crippen LogP) is 1.12. The second-order valence-electron chi connectivity index (χ2n) is 4.66. The Kier molecular flexibility index (Phi) is 4.34. The molecule has 1 amide bonds. The molecule has 1 heterocycles. The van der Waals surface area contributed by atoms with E-state index in [1.807, 2.05) is 43.5 Å². The molecule has 0 saturated heterocycles. The first-order chi connectivity index (χ1) is 9.99. The molecular formula is C14H17N5O2. The van der Waals surface area contributed by atoms with E-state index < -0.39 is 5.91 Å². The average molecular weight is 287 g/mol. The molecule has 21 heavy (non-hydrogen) atoms. The molecule has 0 fully saturated rings. The number of benzene rings is 1. The lowest BCUT2D eigenvalue weighted by molar-refractivity contribution is 0.0948. The maximum absolute atomic E-state index is 11.6. The van der Waals surface area contributed by atoms with Crippen molar-refractivity contribution < 1.29 is 9.53 Å². The fourth-order valence-electron chi connectivity index (χ4n) is 1.80. The minimum atomic E-state index is -0.528. The summed E-state index contributed by atoms with van der Waals surface area (Å²) in [5.41, 5.74) is 9.05. The van der Waals surface area contributed by atoms with Crippen molar-refractivity contribution in [3.8, 4) is 17.0 Å². The van der Waals surface area contributed by atoms with Gasteiger partial charge in [-0.3, -0.25) is 10.2 Å². The molecule has 0 spiro atoms. The van der Waals surface area contributed by atoms with Crippen LogP contribution in [0.1, 0.15) is 24.3 Å². The van der Waals surface area contributed by atoms with Gasteiger partial charge >= 0.3 is 0 Å². The van der Waals surface area contributed by atoms with Crippen molar-refractivity contribution in [2.24, 2.45) is 5.84 Å². The molecule has 0 atom stereocenters. The lowest BCUT2D eigenvalue weighted by Gasteiger charge is -2.11. The second kappa shape index (κ2) is 6.19. The van der Waals surface area contributed by atoms with Crippen molar-refractivity contribution in [3.63, 3.8) is 0 Å². The number of carbonyl (C=O) groups excluding carboxylic acids is 1. The van der Waals surface area contributed by atoms with Crippen LogP contribution in [0.25, 0.3) is 11.3 Å². The van der Waals surface area contributed by atoms with Gasteiger partial charge in [0.05, 0.1) is 11.8 Å². The third kappa shape index (κ3) is 3.67. The van der Waals surface area contributed by atoms with Gasteiger partial charge in [-0.2, -0.15) is 0 Å². The fraction of sp³-hybridized carbons (Fsp3) is 0.214.